The summed E-state index contributed by atoms with van der Waals surface area (Å²) in [5, 5.41) is 7.95. The Kier molecular flexibility index (Phi) is 7.12. The lowest BCUT2D eigenvalue weighted by Gasteiger charge is -2.37. The molecule has 0 aliphatic carbocycles. The fourth-order valence-corrected chi connectivity index (χ4v) is 4.07. The van der Waals surface area contributed by atoms with E-state index in [4.69, 9.17) is 9.73 Å². The van der Waals surface area contributed by atoms with E-state index in [1.165, 1.54) is 5.69 Å². The summed E-state index contributed by atoms with van der Waals surface area (Å²) in [6.45, 7) is 11.3. The minimum Gasteiger partial charge on any atom is -0.497 e. The van der Waals surface area contributed by atoms with Gasteiger partial charge in [-0.2, -0.15) is 5.10 Å². The van der Waals surface area contributed by atoms with Crippen molar-refractivity contribution in [2.45, 2.75) is 27.3 Å². The summed E-state index contributed by atoms with van der Waals surface area (Å²) in [5.41, 5.74) is 4.34. The molecule has 174 valence electrons. The molecule has 8 heteroatoms. The van der Waals surface area contributed by atoms with Crippen LogP contribution in [0.3, 0.4) is 0 Å². The lowest BCUT2D eigenvalue weighted by molar-refractivity contribution is 0.372. The smallest absolute Gasteiger partial charge is 0.194 e. The second-order valence-corrected chi connectivity index (χ2v) is 8.21. The molecule has 1 fully saturated rings. The quantitative estimate of drug-likeness (QED) is 0.462. The van der Waals surface area contributed by atoms with Gasteiger partial charge in [0.1, 0.15) is 5.75 Å². The molecule has 33 heavy (non-hydrogen) atoms. The maximum atomic E-state index is 5.37. The van der Waals surface area contributed by atoms with Gasteiger partial charge in [-0.3, -0.25) is 0 Å². The van der Waals surface area contributed by atoms with Crippen molar-refractivity contribution in [3.05, 3.63) is 65.6 Å². The van der Waals surface area contributed by atoms with Gasteiger partial charge in [-0.15, -0.1) is 0 Å². The van der Waals surface area contributed by atoms with Crippen molar-refractivity contribution in [1.29, 1.82) is 0 Å². The van der Waals surface area contributed by atoms with E-state index >= 15 is 0 Å². The van der Waals surface area contributed by atoms with Gasteiger partial charge in [-0.1, -0.05) is 12.1 Å². The first-order chi connectivity index (χ1) is 16.1. The summed E-state index contributed by atoms with van der Waals surface area (Å²) in [6, 6.07) is 14.4. The molecule has 0 saturated carbocycles. The Balaban J connectivity index is 1.39. The predicted molar refractivity (Wildman–Crippen MR) is 132 cm³/mol. The van der Waals surface area contributed by atoms with Gasteiger partial charge < -0.3 is 19.9 Å². The number of aromatic nitrogens is 3. The van der Waals surface area contributed by atoms with Crippen LogP contribution in [-0.4, -0.2) is 65.5 Å². The molecule has 8 nitrogen and oxygen atoms in total. The SMILES string of the molecule is CCNC(=NCc1ccc(-n2nc(C)cc2C)nc1)N1CCN(c2cccc(OC)c2)CC1. The van der Waals surface area contributed by atoms with Crippen molar-refractivity contribution in [2.24, 2.45) is 4.99 Å². The van der Waals surface area contributed by atoms with E-state index < -0.39 is 0 Å². The maximum Gasteiger partial charge on any atom is 0.194 e. The van der Waals surface area contributed by atoms with Crippen LogP contribution in [0, 0.1) is 13.8 Å². The minimum absolute atomic E-state index is 0.586. The number of pyridine rings is 1. The second kappa shape index (κ2) is 10.4. The lowest BCUT2D eigenvalue weighted by Crippen LogP contribution is -2.52. The van der Waals surface area contributed by atoms with Crippen molar-refractivity contribution in [2.75, 3.05) is 44.7 Å². The van der Waals surface area contributed by atoms with Crippen LogP contribution in [0.2, 0.25) is 0 Å². The van der Waals surface area contributed by atoms with Gasteiger partial charge in [0.25, 0.3) is 0 Å². The maximum absolute atomic E-state index is 5.37. The Morgan fingerprint density at radius 3 is 2.55 bits per heavy atom. The zero-order chi connectivity index (χ0) is 23.2. The molecule has 1 aliphatic heterocycles. The standard InChI is InChI=1S/C25H33N7O/c1-5-26-25(31-13-11-30(12-14-31)22-7-6-8-23(16-22)33-4)28-18-21-9-10-24(27-17-21)32-20(3)15-19(2)29-32/h6-10,15-17H,5,11-14,18H2,1-4H3,(H,26,28). The highest BCUT2D eigenvalue weighted by molar-refractivity contribution is 5.80. The van der Waals surface area contributed by atoms with Crippen molar-refractivity contribution < 1.29 is 4.74 Å². The van der Waals surface area contributed by atoms with E-state index in [2.05, 4.69) is 56.4 Å². The normalized spacial score (nSPS) is 14.5. The molecule has 2 aromatic heterocycles. The summed E-state index contributed by atoms with van der Waals surface area (Å²) in [5.74, 6) is 2.67. The number of nitrogens with zero attached hydrogens (tertiary/aromatic N) is 6. The molecular weight excluding hydrogens is 414 g/mol. The fourth-order valence-electron chi connectivity index (χ4n) is 4.07. The number of aliphatic imine (C=N–C) groups is 1. The van der Waals surface area contributed by atoms with Gasteiger partial charge in [0.15, 0.2) is 11.8 Å². The summed E-state index contributed by atoms with van der Waals surface area (Å²) < 4.78 is 7.24. The Labute approximate surface area is 195 Å². The number of ether oxygens (including phenoxy) is 1. The number of aryl methyl sites for hydroxylation is 2. The zero-order valence-corrected chi connectivity index (χ0v) is 20.0. The van der Waals surface area contributed by atoms with E-state index in [0.29, 0.717) is 6.54 Å². The molecule has 4 rings (SSSR count). The first-order valence-corrected chi connectivity index (χ1v) is 11.5. The molecule has 3 heterocycles. The number of nitrogens with one attached hydrogen (secondary N) is 1. The summed E-state index contributed by atoms with van der Waals surface area (Å²) in [7, 11) is 1.71. The van der Waals surface area contributed by atoms with Crippen molar-refractivity contribution in [3.63, 3.8) is 0 Å². The van der Waals surface area contributed by atoms with Crippen molar-refractivity contribution in [1.82, 2.24) is 25.0 Å². The number of piperazine rings is 1. The van der Waals surface area contributed by atoms with E-state index in [9.17, 15) is 0 Å². The third kappa shape index (κ3) is 5.45. The molecule has 0 amide bonds. The highest BCUT2D eigenvalue weighted by Gasteiger charge is 2.20. The van der Waals surface area contributed by atoms with E-state index in [0.717, 1.165) is 67.2 Å². The largest absolute Gasteiger partial charge is 0.497 e. The van der Waals surface area contributed by atoms with E-state index in [-0.39, 0.29) is 0 Å². The predicted octanol–water partition coefficient (Wildman–Crippen LogP) is 3.18. The third-order valence-electron chi connectivity index (χ3n) is 5.78. The summed E-state index contributed by atoms with van der Waals surface area (Å²) in [6.07, 6.45) is 1.89. The van der Waals surface area contributed by atoms with Crippen molar-refractivity contribution >= 4 is 11.6 Å². The number of guanidine groups is 1. The molecule has 0 bridgehead atoms. The highest BCUT2D eigenvalue weighted by atomic mass is 16.5. The zero-order valence-electron chi connectivity index (χ0n) is 20.0. The summed E-state index contributed by atoms with van der Waals surface area (Å²) >= 11 is 0. The molecule has 0 spiro atoms. The molecule has 0 atom stereocenters. The Hall–Kier alpha value is -3.55. The van der Waals surface area contributed by atoms with E-state index in [1.54, 1.807) is 7.11 Å². The van der Waals surface area contributed by atoms with Crippen LogP contribution in [0.25, 0.3) is 5.82 Å². The minimum atomic E-state index is 0.586. The number of hydrogen-bond acceptors (Lipinski definition) is 5. The first kappa shape index (κ1) is 22.6. The van der Waals surface area contributed by atoms with Crippen molar-refractivity contribution in [3.8, 4) is 11.6 Å². The van der Waals surface area contributed by atoms with Crippen LogP contribution < -0.4 is 15.0 Å². The third-order valence-corrected chi connectivity index (χ3v) is 5.78. The van der Waals surface area contributed by atoms with Gasteiger partial charge in [0.05, 0.1) is 19.3 Å². The molecule has 0 radical (unpaired) electrons. The van der Waals surface area contributed by atoms with E-state index in [1.807, 2.05) is 42.9 Å². The van der Waals surface area contributed by atoms with Gasteiger partial charge in [0, 0.05) is 56.4 Å². The topological polar surface area (TPSA) is 70.8 Å². The van der Waals surface area contributed by atoms with Crippen LogP contribution in [0.15, 0.2) is 53.7 Å². The fraction of sp³-hybridized carbons (Fsp3) is 0.400. The first-order valence-electron chi connectivity index (χ1n) is 11.5. The molecule has 0 unspecified atom stereocenters. The van der Waals surface area contributed by atoms with Gasteiger partial charge in [0.2, 0.25) is 0 Å². The molecule has 1 aromatic carbocycles. The number of rotatable bonds is 6. The number of anilines is 1. The molecule has 1 aliphatic rings. The number of benzene rings is 1. The van der Waals surface area contributed by atoms with Gasteiger partial charge >= 0.3 is 0 Å². The molecule has 3 aromatic rings. The lowest BCUT2D eigenvalue weighted by atomic mass is 10.2. The Morgan fingerprint density at radius 1 is 1.09 bits per heavy atom. The van der Waals surface area contributed by atoms with Gasteiger partial charge in [-0.25, -0.2) is 14.7 Å². The van der Waals surface area contributed by atoms with Crippen LogP contribution in [0.4, 0.5) is 5.69 Å². The molecule has 1 saturated heterocycles. The molecule has 1 N–H and O–H groups in total. The highest BCUT2D eigenvalue weighted by Crippen LogP contribution is 2.22. The average Bonchev–Trinajstić information content (AvgIpc) is 3.20. The Bertz CT molecular complexity index is 1080. The van der Waals surface area contributed by atoms with Crippen LogP contribution in [0.5, 0.6) is 5.75 Å². The van der Waals surface area contributed by atoms with Gasteiger partial charge in [-0.05, 0) is 50.6 Å². The van der Waals surface area contributed by atoms with Crippen LogP contribution in [0.1, 0.15) is 23.9 Å². The average molecular weight is 448 g/mol. The second-order valence-electron chi connectivity index (χ2n) is 8.21. The summed E-state index contributed by atoms with van der Waals surface area (Å²) in [4.78, 5) is 14.2. The van der Waals surface area contributed by atoms with Crippen LogP contribution >= 0.6 is 0 Å². The monoisotopic (exact) mass is 447 g/mol. The molecular formula is C25H33N7O. The number of hydrogen-bond donors (Lipinski definition) is 1. The van der Waals surface area contributed by atoms with Crippen LogP contribution in [-0.2, 0) is 6.54 Å². The number of methoxy groups -OCH3 is 1. The Morgan fingerprint density at radius 2 is 1.91 bits per heavy atom.